The lowest BCUT2D eigenvalue weighted by molar-refractivity contribution is -0.154. The van der Waals surface area contributed by atoms with Crippen LogP contribution in [0.2, 0.25) is 0 Å². The van der Waals surface area contributed by atoms with Gasteiger partial charge < -0.3 is 20.1 Å². The van der Waals surface area contributed by atoms with Crippen LogP contribution in [0.1, 0.15) is 129 Å². The summed E-state index contributed by atoms with van der Waals surface area (Å²) in [5, 5.41) is 0. The lowest BCUT2D eigenvalue weighted by Gasteiger charge is -2.19. The molecule has 3 N–H and O–H groups in total. The Morgan fingerprint density at radius 2 is 0.946 bits per heavy atom. The highest BCUT2D eigenvalue weighted by Gasteiger charge is 2.25. The van der Waals surface area contributed by atoms with Crippen molar-refractivity contribution < 1.29 is 32.8 Å². The predicted octanol–water partition coefficient (Wildman–Crippen LogP) is 12.6. The zero-order valence-corrected chi connectivity index (χ0v) is 35.7. The molecule has 0 aromatic rings. The Kier molecular flexibility index (Phi) is 40.6. The number of rotatable bonds is 38. The van der Waals surface area contributed by atoms with Gasteiger partial charge in [-0.3, -0.25) is 13.8 Å². The molecule has 0 bridgehead atoms. The number of carbonyl (C=O) groups is 1. The van der Waals surface area contributed by atoms with Gasteiger partial charge in [0.15, 0.2) is 0 Å². The van der Waals surface area contributed by atoms with Crippen LogP contribution in [-0.2, 0) is 27.9 Å². The monoisotopic (exact) mass is 798 g/mol. The molecule has 0 aliphatic heterocycles. The van der Waals surface area contributed by atoms with Gasteiger partial charge in [-0.1, -0.05) is 155 Å². The molecule has 0 spiro atoms. The maximum Gasteiger partial charge on any atom is 0.472 e. The standard InChI is InChI=1S/C47H76NO7P/c1-3-5-7-9-11-13-15-17-18-19-20-21-22-23-24-25-26-27-29-31-33-35-37-39-42-52-44-46(45-54-56(50,51)53-43-41-48)55-47(49)40-38-36-34-32-30-28-16-14-12-10-8-6-4-2/h5-8,11-14,17-18,20-21,23-24,26-28,30,34,36,46H,3-4,9-10,15-16,19,22,25,29,31-33,35,37-45,48H2,1-2H3,(H,50,51)/b7-5-,8-6-,13-11-,14-12-,18-17-,21-20-,24-23-,27-26-,30-28-,36-34-. The Morgan fingerprint density at radius 3 is 1.41 bits per heavy atom. The average Bonchev–Trinajstić information content (AvgIpc) is 3.19. The molecule has 0 saturated carbocycles. The van der Waals surface area contributed by atoms with Gasteiger partial charge in [0.2, 0.25) is 0 Å². The number of phosphoric ester groups is 1. The smallest absolute Gasteiger partial charge is 0.457 e. The van der Waals surface area contributed by atoms with E-state index in [9.17, 15) is 14.3 Å². The molecule has 0 aliphatic rings. The number of phosphoric acid groups is 1. The van der Waals surface area contributed by atoms with Crippen molar-refractivity contribution in [2.24, 2.45) is 5.73 Å². The van der Waals surface area contributed by atoms with Crippen molar-refractivity contribution >= 4 is 13.8 Å². The number of hydrogen-bond acceptors (Lipinski definition) is 7. The summed E-state index contributed by atoms with van der Waals surface area (Å²) >= 11 is 0. The summed E-state index contributed by atoms with van der Waals surface area (Å²) in [7, 11) is -4.31. The van der Waals surface area contributed by atoms with Gasteiger partial charge in [-0.15, -0.1) is 0 Å². The molecule has 2 atom stereocenters. The van der Waals surface area contributed by atoms with E-state index in [-0.39, 0.29) is 32.8 Å². The van der Waals surface area contributed by atoms with Crippen molar-refractivity contribution in [3.05, 3.63) is 122 Å². The van der Waals surface area contributed by atoms with Crippen LogP contribution in [0, 0.1) is 0 Å². The fourth-order valence-corrected chi connectivity index (χ4v) is 5.66. The largest absolute Gasteiger partial charge is 0.472 e. The molecular formula is C47H76NO7P. The number of ether oxygens (including phenoxy) is 2. The van der Waals surface area contributed by atoms with Crippen LogP contribution >= 0.6 is 7.82 Å². The summed E-state index contributed by atoms with van der Waals surface area (Å²) in [5.74, 6) is -0.424. The van der Waals surface area contributed by atoms with Crippen LogP contribution in [0.4, 0.5) is 0 Å². The van der Waals surface area contributed by atoms with Gasteiger partial charge in [0.1, 0.15) is 6.10 Å². The molecule has 0 heterocycles. The molecule has 0 radical (unpaired) electrons. The Balaban J connectivity index is 4.17. The number of nitrogens with two attached hydrogens (primary N) is 1. The second-order valence-electron chi connectivity index (χ2n) is 13.1. The third-order valence-electron chi connectivity index (χ3n) is 7.89. The fourth-order valence-electron chi connectivity index (χ4n) is 4.89. The summed E-state index contributed by atoms with van der Waals surface area (Å²) in [4.78, 5) is 22.4. The molecule has 0 amide bonds. The normalized spacial score (nSPS) is 14.7. The van der Waals surface area contributed by atoms with Gasteiger partial charge in [-0.05, 0) is 89.9 Å². The summed E-state index contributed by atoms with van der Waals surface area (Å²) in [6.45, 7) is 4.49. The van der Waals surface area contributed by atoms with Crippen molar-refractivity contribution in [1.29, 1.82) is 0 Å². The van der Waals surface area contributed by atoms with Crippen molar-refractivity contribution in [3.8, 4) is 0 Å². The van der Waals surface area contributed by atoms with Gasteiger partial charge in [-0.2, -0.15) is 0 Å². The molecule has 8 nitrogen and oxygen atoms in total. The Labute approximate surface area is 341 Å². The van der Waals surface area contributed by atoms with Crippen molar-refractivity contribution in [2.45, 2.75) is 136 Å². The maximum atomic E-state index is 12.5. The van der Waals surface area contributed by atoms with Crippen molar-refractivity contribution in [3.63, 3.8) is 0 Å². The third kappa shape index (κ3) is 42.1. The second kappa shape index (κ2) is 43.0. The minimum absolute atomic E-state index is 0.0648. The first kappa shape index (κ1) is 52.9. The summed E-state index contributed by atoms with van der Waals surface area (Å²) in [6, 6.07) is 0. The van der Waals surface area contributed by atoms with E-state index >= 15 is 0 Å². The molecule has 56 heavy (non-hydrogen) atoms. The van der Waals surface area contributed by atoms with E-state index in [2.05, 4.69) is 123 Å². The number of carbonyl (C=O) groups excluding carboxylic acids is 1. The quantitative estimate of drug-likeness (QED) is 0.0274. The molecule has 2 unspecified atom stereocenters. The lowest BCUT2D eigenvalue weighted by atomic mass is 10.1. The van der Waals surface area contributed by atoms with E-state index in [1.807, 2.05) is 12.2 Å². The minimum atomic E-state index is -4.31. The molecule has 0 aromatic heterocycles. The second-order valence-corrected chi connectivity index (χ2v) is 14.5. The Hall–Kier alpha value is -3.10. The van der Waals surface area contributed by atoms with E-state index in [0.29, 0.717) is 13.0 Å². The van der Waals surface area contributed by atoms with Gasteiger partial charge >= 0.3 is 13.8 Å². The molecule has 316 valence electrons. The van der Waals surface area contributed by atoms with Crippen molar-refractivity contribution in [2.75, 3.05) is 33.0 Å². The molecule has 0 saturated heterocycles. The highest BCUT2D eigenvalue weighted by molar-refractivity contribution is 7.47. The van der Waals surface area contributed by atoms with Crippen LogP contribution in [0.25, 0.3) is 0 Å². The number of unbranched alkanes of at least 4 members (excludes halogenated alkanes) is 5. The van der Waals surface area contributed by atoms with E-state index in [1.54, 1.807) is 0 Å². The van der Waals surface area contributed by atoms with Crippen molar-refractivity contribution in [1.82, 2.24) is 0 Å². The SMILES string of the molecule is CC/C=C\C/C=C\C/C=C\C/C=C\C/C=C\C/C=C\CCCCCCCOCC(COP(=O)(O)OCCN)OC(=O)CC/C=C\C/C=C\C/C=C\C/C=C\CC. The highest BCUT2D eigenvalue weighted by atomic mass is 31.2. The van der Waals surface area contributed by atoms with Gasteiger partial charge in [0.05, 0.1) is 19.8 Å². The fraction of sp³-hybridized carbons (Fsp3) is 0.553. The summed E-state index contributed by atoms with van der Waals surface area (Å²) < 4.78 is 33.3. The highest BCUT2D eigenvalue weighted by Crippen LogP contribution is 2.43. The van der Waals surface area contributed by atoms with Gasteiger partial charge in [0, 0.05) is 19.6 Å². The average molecular weight is 798 g/mol. The van der Waals surface area contributed by atoms with Crippen LogP contribution < -0.4 is 5.73 Å². The number of allylic oxidation sites excluding steroid dienone is 20. The molecule has 0 rings (SSSR count). The first-order chi connectivity index (χ1) is 27.4. The maximum absolute atomic E-state index is 12.5. The van der Waals surface area contributed by atoms with Crippen LogP contribution in [0.5, 0.6) is 0 Å². The molecule has 0 fully saturated rings. The molecule has 9 heteroatoms. The van der Waals surface area contributed by atoms with Crippen LogP contribution in [-0.4, -0.2) is 49.9 Å². The topological polar surface area (TPSA) is 117 Å². The summed E-state index contributed by atoms with van der Waals surface area (Å²) in [6.07, 6.45) is 59.6. The third-order valence-corrected chi connectivity index (χ3v) is 8.87. The van der Waals surface area contributed by atoms with Crippen LogP contribution in [0.3, 0.4) is 0 Å². The van der Waals surface area contributed by atoms with Crippen LogP contribution in [0.15, 0.2) is 122 Å². The lowest BCUT2D eigenvalue weighted by Crippen LogP contribution is -2.28. The first-order valence-electron chi connectivity index (χ1n) is 21.0. The summed E-state index contributed by atoms with van der Waals surface area (Å²) in [5.41, 5.74) is 5.35. The minimum Gasteiger partial charge on any atom is -0.457 e. The zero-order valence-electron chi connectivity index (χ0n) is 34.8. The molecule has 0 aromatic carbocycles. The van der Waals surface area contributed by atoms with Gasteiger partial charge in [0.25, 0.3) is 0 Å². The van der Waals surface area contributed by atoms with E-state index in [1.165, 1.54) is 0 Å². The van der Waals surface area contributed by atoms with Gasteiger partial charge in [-0.25, -0.2) is 4.57 Å². The number of hydrogen-bond donors (Lipinski definition) is 2. The predicted molar refractivity (Wildman–Crippen MR) is 237 cm³/mol. The Morgan fingerprint density at radius 1 is 0.536 bits per heavy atom. The van der Waals surface area contributed by atoms with E-state index in [0.717, 1.165) is 103 Å². The zero-order chi connectivity index (χ0) is 40.9. The van der Waals surface area contributed by atoms with E-state index in [4.69, 9.17) is 24.3 Å². The number of esters is 1. The first-order valence-corrected chi connectivity index (χ1v) is 22.5. The molecule has 0 aliphatic carbocycles. The van der Waals surface area contributed by atoms with E-state index < -0.39 is 19.9 Å². The molecular weight excluding hydrogens is 721 g/mol. The Bertz CT molecular complexity index is 1260.